The zero-order chi connectivity index (χ0) is 21.8. The van der Waals surface area contributed by atoms with Crippen LogP contribution in [-0.4, -0.2) is 68.2 Å². The van der Waals surface area contributed by atoms with Crippen LogP contribution < -0.4 is 0 Å². The van der Waals surface area contributed by atoms with Crippen LogP contribution in [0.15, 0.2) is 38.9 Å². The van der Waals surface area contributed by atoms with E-state index in [-0.39, 0.29) is 48.0 Å². The summed E-state index contributed by atoms with van der Waals surface area (Å²) < 4.78 is 37.5. The van der Waals surface area contributed by atoms with Gasteiger partial charge in [0.25, 0.3) is 0 Å². The molecule has 2 N–H and O–H groups in total. The zero-order valence-corrected chi connectivity index (χ0v) is 18.3. The van der Waals surface area contributed by atoms with E-state index >= 15 is 0 Å². The Balaban J connectivity index is 2.24. The lowest BCUT2D eigenvalue weighted by Crippen LogP contribution is -2.40. The molecule has 1 fully saturated rings. The van der Waals surface area contributed by atoms with Gasteiger partial charge in [0.2, 0.25) is 10.0 Å². The number of nitrogens with one attached hydrogen (secondary N) is 1. The summed E-state index contributed by atoms with van der Waals surface area (Å²) in [5.41, 5.74) is -0.429. The Morgan fingerprint density at radius 3 is 2.45 bits per heavy atom. The van der Waals surface area contributed by atoms with Gasteiger partial charge in [-0.05, 0) is 48.0 Å². The molecule has 0 spiro atoms. The molecule has 1 aliphatic heterocycles. The number of carbonyl (C=O) groups excluding carboxylic acids is 2. The molecule has 1 saturated heterocycles. The predicted octanol–water partition coefficient (Wildman–Crippen LogP) is 2.07. The van der Waals surface area contributed by atoms with Gasteiger partial charge in [-0.1, -0.05) is 0 Å². The number of aliphatic hydroxyl groups is 1. The van der Waals surface area contributed by atoms with Crippen molar-refractivity contribution in [3.05, 3.63) is 39.6 Å². The minimum atomic E-state index is -3.85. The molecule has 0 bridgehead atoms. The van der Waals surface area contributed by atoms with E-state index in [0.29, 0.717) is 4.47 Å². The van der Waals surface area contributed by atoms with E-state index in [9.17, 15) is 23.1 Å². The lowest BCUT2D eigenvalue weighted by atomic mass is 10.1. The zero-order valence-electron chi connectivity index (χ0n) is 15.9. The summed E-state index contributed by atoms with van der Waals surface area (Å²) in [7, 11) is -3.85. The summed E-state index contributed by atoms with van der Waals surface area (Å²) in [6, 6.07) is 3.98. The second-order valence-electron chi connectivity index (χ2n) is 6.24. The first-order valence-corrected chi connectivity index (χ1v) is 10.8. The van der Waals surface area contributed by atoms with Gasteiger partial charge in [-0.15, -0.1) is 0 Å². The van der Waals surface area contributed by atoms with Gasteiger partial charge in [-0.3, -0.25) is 4.79 Å². The van der Waals surface area contributed by atoms with E-state index in [2.05, 4.69) is 15.9 Å². The van der Waals surface area contributed by atoms with Crippen molar-refractivity contribution in [3.8, 4) is 0 Å². The van der Waals surface area contributed by atoms with Gasteiger partial charge in [0.05, 0.1) is 29.2 Å². The van der Waals surface area contributed by atoms with Crippen molar-refractivity contribution >= 4 is 43.4 Å². The molecule has 2 rings (SSSR count). The molecule has 158 valence electrons. The molecule has 0 radical (unpaired) electrons. The number of morpholine rings is 1. The number of Topliss-reactive ketones (excluding diaryl/α,β-unsaturated/α-hetero) is 1. The number of hydrogen-bond donors (Lipinski definition) is 2. The predicted molar refractivity (Wildman–Crippen MR) is 108 cm³/mol. The monoisotopic (exact) mass is 488 g/mol. The number of sulfonamides is 1. The summed E-state index contributed by atoms with van der Waals surface area (Å²) in [5.74, 6) is -1.96. The topological polar surface area (TPSA) is 134 Å². The minimum absolute atomic E-state index is 0.0382. The first-order valence-electron chi connectivity index (χ1n) is 8.59. The highest BCUT2D eigenvalue weighted by atomic mass is 79.9. The number of esters is 1. The SMILES string of the molecule is CC(=N)/C(C(C)=O)=C(/O)COC(=O)c1ccc(Br)c(S(=O)(=O)N2CCOCC2)c1. The third-order valence-electron chi connectivity index (χ3n) is 4.11. The normalized spacial score (nSPS) is 16.1. The molecule has 1 heterocycles. The number of aliphatic hydroxyl groups excluding tert-OH is 1. The van der Waals surface area contributed by atoms with E-state index in [1.807, 2.05) is 0 Å². The molecule has 1 aliphatic rings. The summed E-state index contributed by atoms with van der Waals surface area (Å²) >= 11 is 3.20. The quantitative estimate of drug-likeness (QED) is 0.259. The van der Waals surface area contributed by atoms with Gasteiger partial charge in [-0.25, -0.2) is 13.2 Å². The number of allylic oxidation sites excluding steroid dienone is 1. The fraction of sp³-hybridized carbons (Fsp3) is 0.389. The van der Waals surface area contributed by atoms with Crippen molar-refractivity contribution in [2.75, 3.05) is 32.9 Å². The highest BCUT2D eigenvalue weighted by Gasteiger charge is 2.29. The van der Waals surface area contributed by atoms with Crippen LogP contribution in [0, 0.1) is 5.41 Å². The van der Waals surface area contributed by atoms with E-state index in [0.717, 1.165) is 0 Å². The fourth-order valence-corrected chi connectivity index (χ4v) is 5.09. The Bertz CT molecular complexity index is 950. The lowest BCUT2D eigenvalue weighted by Gasteiger charge is -2.26. The molecule has 1 aromatic rings. The van der Waals surface area contributed by atoms with Crippen molar-refractivity contribution < 1.29 is 32.6 Å². The summed E-state index contributed by atoms with van der Waals surface area (Å²) in [5, 5.41) is 17.5. The largest absolute Gasteiger partial charge is 0.508 e. The molecule has 0 amide bonds. The average Bonchev–Trinajstić information content (AvgIpc) is 2.66. The van der Waals surface area contributed by atoms with E-state index in [4.69, 9.17) is 14.9 Å². The summed E-state index contributed by atoms with van der Waals surface area (Å²) in [4.78, 5) is 23.8. The molecule has 9 nitrogen and oxygen atoms in total. The fourth-order valence-electron chi connectivity index (χ4n) is 2.73. The molecule has 0 atom stereocenters. The number of ketones is 1. The van der Waals surface area contributed by atoms with Crippen molar-refractivity contribution in [3.63, 3.8) is 0 Å². The van der Waals surface area contributed by atoms with Crippen molar-refractivity contribution in [2.24, 2.45) is 0 Å². The maximum Gasteiger partial charge on any atom is 0.338 e. The van der Waals surface area contributed by atoms with Crippen molar-refractivity contribution in [1.29, 1.82) is 5.41 Å². The third kappa shape index (κ3) is 5.50. The third-order valence-corrected chi connectivity index (χ3v) is 7.00. The van der Waals surface area contributed by atoms with Gasteiger partial charge in [0, 0.05) is 23.3 Å². The number of nitrogens with zero attached hydrogens (tertiary/aromatic N) is 1. The second kappa shape index (κ2) is 9.61. The molecule has 11 heteroatoms. The van der Waals surface area contributed by atoms with Crippen LogP contribution in [0.1, 0.15) is 24.2 Å². The van der Waals surface area contributed by atoms with Gasteiger partial charge in [0.15, 0.2) is 5.78 Å². The first kappa shape index (κ1) is 23.2. The Hall–Kier alpha value is -2.08. The van der Waals surface area contributed by atoms with Crippen LogP contribution in [0.3, 0.4) is 0 Å². The number of rotatable bonds is 7. The van der Waals surface area contributed by atoms with E-state index in [1.165, 1.54) is 36.4 Å². The molecule has 0 aliphatic carbocycles. The molecule has 0 saturated carbocycles. The smallest absolute Gasteiger partial charge is 0.338 e. The number of carbonyl (C=O) groups is 2. The molecule has 1 aromatic carbocycles. The van der Waals surface area contributed by atoms with Gasteiger partial charge >= 0.3 is 5.97 Å². The first-order chi connectivity index (χ1) is 13.6. The van der Waals surface area contributed by atoms with Crippen LogP contribution in [0.4, 0.5) is 0 Å². The van der Waals surface area contributed by atoms with Crippen molar-refractivity contribution in [2.45, 2.75) is 18.7 Å². The minimum Gasteiger partial charge on any atom is -0.508 e. The van der Waals surface area contributed by atoms with Crippen LogP contribution >= 0.6 is 15.9 Å². The lowest BCUT2D eigenvalue weighted by molar-refractivity contribution is -0.113. The molecular formula is C18H21BrN2O7S. The standard InChI is InChI=1S/C18H21BrN2O7S/c1-11(20)17(12(2)22)15(23)10-28-18(24)13-3-4-14(19)16(9-13)29(25,26)21-5-7-27-8-6-21/h3-4,9,20,23H,5-8,10H2,1-2H3/b17-15-,20-11?. The number of ether oxygens (including phenoxy) is 2. The van der Waals surface area contributed by atoms with E-state index < -0.39 is 34.1 Å². The molecule has 29 heavy (non-hydrogen) atoms. The Labute approximate surface area is 177 Å². The van der Waals surface area contributed by atoms with E-state index in [1.54, 1.807) is 0 Å². The Morgan fingerprint density at radius 2 is 1.90 bits per heavy atom. The Morgan fingerprint density at radius 1 is 1.28 bits per heavy atom. The van der Waals surface area contributed by atoms with Crippen LogP contribution in [0.5, 0.6) is 0 Å². The Kier molecular flexibility index (Phi) is 7.69. The maximum atomic E-state index is 12.9. The highest BCUT2D eigenvalue weighted by molar-refractivity contribution is 9.10. The van der Waals surface area contributed by atoms with Crippen LogP contribution in [0.2, 0.25) is 0 Å². The molecule has 0 aromatic heterocycles. The molecule has 0 unspecified atom stereocenters. The average molecular weight is 489 g/mol. The van der Waals surface area contributed by atoms with Gasteiger partial charge in [0.1, 0.15) is 12.4 Å². The highest BCUT2D eigenvalue weighted by Crippen LogP contribution is 2.27. The number of benzene rings is 1. The second-order valence-corrected chi connectivity index (χ2v) is 9.00. The summed E-state index contributed by atoms with van der Waals surface area (Å²) in [6.07, 6.45) is 0. The van der Waals surface area contributed by atoms with Crippen LogP contribution in [0.25, 0.3) is 0 Å². The summed E-state index contributed by atoms with van der Waals surface area (Å²) in [6.45, 7) is 2.88. The van der Waals surface area contributed by atoms with Gasteiger partial charge in [-0.2, -0.15) is 4.31 Å². The van der Waals surface area contributed by atoms with Gasteiger partial charge < -0.3 is 20.0 Å². The number of hydrogen-bond acceptors (Lipinski definition) is 8. The van der Waals surface area contributed by atoms with Crippen LogP contribution in [-0.2, 0) is 24.3 Å². The number of halogens is 1. The maximum absolute atomic E-state index is 12.9. The van der Waals surface area contributed by atoms with Crippen molar-refractivity contribution in [1.82, 2.24) is 4.31 Å². The molecular weight excluding hydrogens is 468 g/mol.